The van der Waals surface area contributed by atoms with Gasteiger partial charge in [0.05, 0.1) is 5.69 Å². The van der Waals surface area contributed by atoms with Crippen molar-refractivity contribution in [2.45, 2.75) is 18.9 Å². The number of carbonyl (C=O) groups is 2. The van der Waals surface area contributed by atoms with E-state index in [-0.39, 0.29) is 11.6 Å². The number of carbonyl (C=O) groups excluding carboxylic acids is 2. The van der Waals surface area contributed by atoms with Gasteiger partial charge in [-0.3, -0.25) is 9.59 Å². The number of primary amides is 1. The Hall–Kier alpha value is -1.95. The molecular formula is C11H13N3O3. The van der Waals surface area contributed by atoms with Crippen molar-refractivity contribution in [3.63, 3.8) is 0 Å². The van der Waals surface area contributed by atoms with E-state index in [0.717, 1.165) is 6.42 Å². The van der Waals surface area contributed by atoms with Crippen LogP contribution in [0.5, 0.6) is 0 Å². The number of ether oxygens (including phenoxy) is 1. The van der Waals surface area contributed by atoms with Crippen molar-refractivity contribution < 1.29 is 14.3 Å². The number of amides is 2. The van der Waals surface area contributed by atoms with Crippen molar-refractivity contribution in [3.8, 4) is 0 Å². The van der Waals surface area contributed by atoms with Crippen molar-refractivity contribution in [2.75, 3.05) is 11.9 Å². The Labute approximate surface area is 98.2 Å². The standard InChI is InChI=1S/C11H13N3O3/c12-10(15)9-7(3-1-5-13-9)14-11(16)8-4-2-6-17-8/h1,3,5,8H,2,4,6H2,(H2,12,15)(H,14,16). The largest absolute Gasteiger partial charge is 0.368 e. The van der Waals surface area contributed by atoms with Crippen LogP contribution in [0.2, 0.25) is 0 Å². The van der Waals surface area contributed by atoms with Gasteiger partial charge in [-0.2, -0.15) is 0 Å². The summed E-state index contributed by atoms with van der Waals surface area (Å²) in [7, 11) is 0. The summed E-state index contributed by atoms with van der Waals surface area (Å²) in [6.07, 6.45) is 2.56. The van der Waals surface area contributed by atoms with E-state index in [0.29, 0.717) is 18.7 Å². The van der Waals surface area contributed by atoms with E-state index in [1.807, 2.05) is 0 Å². The van der Waals surface area contributed by atoms with Crippen LogP contribution in [-0.2, 0) is 9.53 Å². The second-order valence-electron chi connectivity index (χ2n) is 3.75. The molecule has 0 aliphatic carbocycles. The lowest BCUT2D eigenvalue weighted by atomic mass is 10.2. The molecule has 17 heavy (non-hydrogen) atoms. The zero-order chi connectivity index (χ0) is 12.3. The molecule has 6 heteroatoms. The molecular weight excluding hydrogens is 222 g/mol. The number of hydrogen-bond donors (Lipinski definition) is 2. The van der Waals surface area contributed by atoms with Crippen LogP contribution in [0.3, 0.4) is 0 Å². The fourth-order valence-corrected chi connectivity index (χ4v) is 1.70. The zero-order valence-electron chi connectivity index (χ0n) is 9.18. The third-order valence-corrected chi connectivity index (χ3v) is 2.52. The summed E-state index contributed by atoms with van der Waals surface area (Å²) in [6, 6.07) is 3.21. The van der Waals surface area contributed by atoms with Crippen LogP contribution in [0.25, 0.3) is 0 Å². The second kappa shape index (κ2) is 4.92. The first-order valence-electron chi connectivity index (χ1n) is 5.36. The summed E-state index contributed by atoms with van der Waals surface area (Å²) in [5.41, 5.74) is 5.53. The van der Waals surface area contributed by atoms with Gasteiger partial charge in [-0.05, 0) is 25.0 Å². The molecule has 0 aromatic carbocycles. The molecule has 3 N–H and O–H groups in total. The predicted octanol–water partition coefficient (Wildman–Crippen LogP) is 0.298. The van der Waals surface area contributed by atoms with Gasteiger partial charge >= 0.3 is 0 Å². The number of nitrogens with one attached hydrogen (secondary N) is 1. The van der Waals surface area contributed by atoms with E-state index in [4.69, 9.17) is 10.5 Å². The normalized spacial score (nSPS) is 18.9. The first-order valence-corrected chi connectivity index (χ1v) is 5.36. The monoisotopic (exact) mass is 235 g/mol. The lowest BCUT2D eigenvalue weighted by Gasteiger charge is -2.11. The van der Waals surface area contributed by atoms with Gasteiger partial charge < -0.3 is 15.8 Å². The summed E-state index contributed by atoms with van der Waals surface area (Å²) >= 11 is 0. The first-order chi connectivity index (χ1) is 8.18. The van der Waals surface area contributed by atoms with Crippen LogP contribution in [0.4, 0.5) is 5.69 Å². The lowest BCUT2D eigenvalue weighted by Crippen LogP contribution is -2.28. The van der Waals surface area contributed by atoms with Gasteiger partial charge in [-0.1, -0.05) is 0 Å². The maximum absolute atomic E-state index is 11.8. The molecule has 1 unspecified atom stereocenters. The highest BCUT2D eigenvalue weighted by Crippen LogP contribution is 2.16. The molecule has 2 heterocycles. The third kappa shape index (κ3) is 2.59. The lowest BCUT2D eigenvalue weighted by molar-refractivity contribution is -0.124. The molecule has 1 aliphatic rings. The average molecular weight is 235 g/mol. The maximum atomic E-state index is 11.8. The molecule has 1 saturated heterocycles. The molecule has 90 valence electrons. The second-order valence-corrected chi connectivity index (χ2v) is 3.75. The summed E-state index contributed by atoms with van der Waals surface area (Å²) < 4.78 is 5.24. The Balaban J connectivity index is 2.12. The molecule has 1 aromatic rings. The zero-order valence-corrected chi connectivity index (χ0v) is 9.18. The van der Waals surface area contributed by atoms with Crippen LogP contribution in [0, 0.1) is 0 Å². The minimum atomic E-state index is -0.673. The third-order valence-electron chi connectivity index (χ3n) is 2.52. The van der Waals surface area contributed by atoms with Crippen molar-refractivity contribution in [2.24, 2.45) is 5.73 Å². The molecule has 6 nitrogen and oxygen atoms in total. The number of rotatable bonds is 3. The van der Waals surface area contributed by atoms with Crippen LogP contribution in [0.15, 0.2) is 18.3 Å². The molecule has 1 fully saturated rings. The van der Waals surface area contributed by atoms with E-state index in [1.54, 1.807) is 12.1 Å². The van der Waals surface area contributed by atoms with Gasteiger partial charge in [-0.15, -0.1) is 0 Å². The molecule has 1 atom stereocenters. The Morgan fingerprint density at radius 3 is 3.00 bits per heavy atom. The summed E-state index contributed by atoms with van der Waals surface area (Å²) in [5, 5.41) is 2.61. The average Bonchev–Trinajstić information content (AvgIpc) is 2.83. The quantitative estimate of drug-likeness (QED) is 0.787. The van der Waals surface area contributed by atoms with Gasteiger partial charge in [0.1, 0.15) is 6.10 Å². The molecule has 1 aromatic heterocycles. The SMILES string of the molecule is NC(=O)c1ncccc1NC(=O)C1CCCO1. The molecule has 1 aliphatic heterocycles. The van der Waals surface area contributed by atoms with Crippen molar-refractivity contribution in [1.29, 1.82) is 0 Å². The Morgan fingerprint density at radius 1 is 1.53 bits per heavy atom. The fourth-order valence-electron chi connectivity index (χ4n) is 1.70. The van der Waals surface area contributed by atoms with E-state index < -0.39 is 12.0 Å². The van der Waals surface area contributed by atoms with Crippen LogP contribution in [-0.4, -0.2) is 29.5 Å². The number of aromatic nitrogens is 1. The highest BCUT2D eigenvalue weighted by atomic mass is 16.5. The summed E-state index contributed by atoms with van der Waals surface area (Å²) in [6.45, 7) is 0.591. The number of nitrogens with zero attached hydrogens (tertiary/aromatic N) is 1. The van der Waals surface area contributed by atoms with Gasteiger partial charge in [0.15, 0.2) is 5.69 Å². The molecule has 0 radical (unpaired) electrons. The molecule has 0 bridgehead atoms. The topological polar surface area (TPSA) is 94.3 Å². The Kier molecular flexibility index (Phi) is 3.34. The van der Waals surface area contributed by atoms with Gasteiger partial charge in [0.2, 0.25) is 0 Å². The van der Waals surface area contributed by atoms with E-state index in [1.165, 1.54) is 6.20 Å². The highest BCUT2D eigenvalue weighted by Gasteiger charge is 2.24. The van der Waals surface area contributed by atoms with E-state index in [2.05, 4.69) is 10.3 Å². The summed E-state index contributed by atoms with van der Waals surface area (Å²) in [4.78, 5) is 26.7. The van der Waals surface area contributed by atoms with E-state index in [9.17, 15) is 9.59 Å². The van der Waals surface area contributed by atoms with Gasteiger partial charge in [0.25, 0.3) is 11.8 Å². The number of pyridine rings is 1. The first kappa shape index (κ1) is 11.5. The highest BCUT2D eigenvalue weighted by molar-refractivity contribution is 6.02. The minimum Gasteiger partial charge on any atom is -0.368 e. The number of anilines is 1. The Morgan fingerprint density at radius 2 is 2.35 bits per heavy atom. The van der Waals surface area contributed by atoms with Gasteiger partial charge in [0, 0.05) is 12.8 Å². The van der Waals surface area contributed by atoms with Gasteiger partial charge in [-0.25, -0.2) is 4.98 Å². The molecule has 0 spiro atoms. The number of hydrogen-bond acceptors (Lipinski definition) is 4. The van der Waals surface area contributed by atoms with E-state index >= 15 is 0 Å². The molecule has 2 amide bonds. The Bertz CT molecular complexity index is 441. The van der Waals surface area contributed by atoms with Crippen LogP contribution < -0.4 is 11.1 Å². The van der Waals surface area contributed by atoms with Crippen molar-refractivity contribution in [1.82, 2.24) is 4.98 Å². The van der Waals surface area contributed by atoms with Crippen molar-refractivity contribution >= 4 is 17.5 Å². The van der Waals surface area contributed by atoms with Crippen LogP contribution in [0.1, 0.15) is 23.3 Å². The molecule has 0 saturated carbocycles. The summed E-state index contributed by atoms with van der Waals surface area (Å²) in [5.74, 6) is -0.939. The predicted molar refractivity (Wildman–Crippen MR) is 60.4 cm³/mol. The smallest absolute Gasteiger partial charge is 0.269 e. The fraction of sp³-hybridized carbons (Fsp3) is 0.364. The van der Waals surface area contributed by atoms with Crippen LogP contribution >= 0.6 is 0 Å². The minimum absolute atomic E-state index is 0.0545. The molecule has 2 rings (SSSR count). The maximum Gasteiger partial charge on any atom is 0.269 e. The van der Waals surface area contributed by atoms with Crippen molar-refractivity contribution in [3.05, 3.63) is 24.0 Å². The number of nitrogens with two attached hydrogens (primary N) is 1.